The quantitative estimate of drug-likeness (QED) is 0.108. The highest BCUT2D eigenvalue weighted by atomic mass is 16.4. The Labute approximate surface area is 193 Å². The van der Waals surface area contributed by atoms with Crippen molar-refractivity contribution in [3.63, 3.8) is 0 Å². The number of rotatable bonds is 16. The average Bonchev–Trinajstić information content (AvgIpc) is 2.72. The van der Waals surface area contributed by atoms with E-state index in [0.717, 1.165) is 0 Å². The summed E-state index contributed by atoms with van der Waals surface area (Å²) in [6.07, 6.45) is -0.248. The molecule has 0 aliphatic rings. The summed E-state index contributed by atoms with van der Waals surface area (Å²) in [6, 6.07) is -4.86. The number of carboxylic acid groups (broad SMARTS) is 1. The van der Waals surface area contributed by atoms with E-state index in [1.807, 2.05) is 0 Å². The second-order valence-corrected chi connectivity index (χ2v) is 8.25. The van der Waals surface area contributed by atoms with Gasteiger partial charge in [-0.1, -0.05) is 13.8 Å². The largest absolute Gasteiger partial charge is 0.480 e. The standard InChI is InChI=1S/C20H38N6O7/c1-10(2)15(18(30)24-13(20(32)33)6-4-5-9-21)25-19(31)16(11(3)27)26-17(29)12(22)7-8-14(23)28/h10-13,15-16,27H,4-9,21-22H2,1-3H3,(H2,23,28)(H,24,30)(H,25,31)(H,26,29)(H,32,33). The Morgan fingerprint density at radius 1 is 0.848 bits per heavy atom. The van der Waals surface area contributed by atoms with Crippen LogP contribution < -0.4 is 33.2 Å². The van der Waals surface area contributed by atoms with Gasteiger partial charge in [0.2, 0.25) is 23.6 Å². The van der Waals surface area contributed by atoms with Crippen molar-refractivity contribution in [1.82, 2.24) is 16.0 Å². The molecule has 0 aromatic carbocycles. The van der Waals surface area contributed by atoms with Crippen LogP contribution in [-0.2, 0) is 24.0 Å². The summed E-state index contributed by atoms with van der Waals surface area (Å²) in [5.41, 5.74) is 16.1. The third kappa shape index (κ3) is 11.6. The van der Waals surface area contributed by atoms with E-state index in [1.54, 1.807) is 13.8 Å². The second-order valence-electron chi connectivity index (χ2n) is 8.25. The van der Waals surface area contributed by atoms with Crippen molar-refractivity contribution < 1.29 is 34.2 Å². The first-order chi connectivity index (χ1) is 15.3. The molecule has 0 aromatic rings. The van der Waals surface area contributed by atoms with Gasteiger partial charge < -0.3 is 43.4 Å². The molecule has 4 amide bonds. The van der Waals surface area contributed by atoms with Crippen LogP contribution in [0.15, 0.2) is 0 Å². The molecule has 0 heterocycles. The second kappa shape index (κ2) is 15.1. The van der Waals surface area contributed by atoms with Crippen molar-refractivity contribution in [1.29, 1.82) is 0 Å². The Morgan fingerprint density at radius 3 is 1.85 bits per heavy atom. The first-order valence-corrected chi connectivity index (χ1v) is 10.9. The molecule has 0 aliphatic heterocycles. The van der Waals surface area contributed by atoms with E-state index in [9.17, 15) is 34.2 Å². The number of nitrogens with one attached hydrogen (secondary N) is 3. The molecule has 0 bridgehead atoms. The monoisotopic (exact) mass is 474 g/mol. The number of aliphatic hydroxyl groups excluding tert-OH is 1. The molecule has 190 valence electrons. The Kier molecular flexibility index (Phi) is 13.9. The third-order valence-electron chi connectivity index (χ3n) is 4.91. The molecule has 0 aromatic heterocycles. The molecule has 0 rings (SSSR count). The molecular weight excluding hydrogens is 436 g/mol. The van der Waals surface area contributed by atoms with Gasteiger partial charge in [0.1, 0.15) is 18.1 Å². The number of hydrogen-bond donors (Lipinski definition) is 8. The highest BCUT2D eigenvalue weighted by Gasteiger charge is 2.33. The number of primary amides is 1. The summed E-state index contributed by atoms with van der Waals surface area (Å²) in [6.45, 7) is 4.94. The minimum atomic E-state index is -1.44. The predicted molar refractivity (Wildman–Crippen MR) is 119 cm³/mol. The number of carboxylic acids is 1. The van der Waals surface area contributed by atoms with Crippen molar-refractivity contribution in [3.8, 4) is 0 Å². The summed E-state index contributed by atoms with van der Waals surface area (Å²) in [5, 5.41) is 26.5. The zero-order valence-corrected chi connectivity index (χ0v) is 19.4. The molecule has 11 N–H and O–H groups in total. The summed E-state index contributed by atoms with van der Waals surface area (Å²) >= 11 is 0. The van der Waals surface area contributed by atoms with Gasteiger partial charge in [-0.15, -0.1) is 0 Å². The molecule has 0 aliphatic carbocycles. The number of nitrogens with two attached hydrogens (primary N) is 3. The summed E-state index contributed by atoms with van der Waals surface area (Å²) < 4.78 is 0. The molecule has 0 fully saturated rings. The molecular formula is C20H38N6O7. The van der Waals surface area contributed by atoms with Gasteiger partial charge in [-0.05, 0) is 45.1 Å². The lowest BCUT2D eigenvalue weighted by atomic mass is 10.0. The van der Waals surface area contributed by atoms with Crippen LogP contribution in [0, 0.1) is 5.92 Å². The lowest BCUT2D eigenvalue weighted by Crippen LogP contribution is -2.60. The zero-order valence-electron chi connectivity index (χ0n) is 19.4. The number of carbonyl (C=O) groups is 5. The van der Waals surface area contributed by atoms with E-state index in [-0.39, 0.29) is 19.3 Å². The number of aliphatic hydroxyl groups is 1. The SMILES string of the molecule is CC(C)C(NC(=O)C(NC(=O)C(N)CCC(N)=O)C(C)O)C(=O)NC(CCCCN)C(=O)O. The summed E-state index contributed by atoms with van der Waals surface area (Å²) in [4.78, 5) is 60.0. The molecule has 13 nitrogen and oxygen atoms in total. The molecule has 0 spiro atoms. The normalized spacial score (nSPS) is 15.6. The van der Waals surface area contributed by atoms with Gasteiger partial charge in [0.15, 0.2) is 0 Å². The van der Waals surface area contributed by atoms with Gasteiger partial charge in [-0.2, -0.15) is 0 Å². The van der Waals surface area contributed by atoms with Gasteiger partial charge in [0.25, 0.3) is 0 Å². The maximum Gasteiger partial charge on any atom is 0.326 e. The Morgan fingerprint density at radius 2 is 1.39 bits per heavy atom. The number of carbonyl (C=O) groups excluding carboxylic acids is 4. The van der Waals surface area contributed by atoms with Crippen molar-refractivity contribution >= 4 is 29.6 Å². The van der Waals surface area contributed by atoms with E-state index >= 15 is 0 Å². The fourth-order valence-corrected chi connectivity index (χ4v) is 2.88. The van der Waals surface area contributed by atoms with E-state index in [1.165, 1.54) is 6.92 Å². The maximum atomic E-state index is 12.7. The van der Waals surface area contributed by atoms with Crippen LogP contribution >= 0.6 is 0 Å². The van der Waals surface area contributed by atoms with E-state index in [2.05, 4.69) is 16.0 Å². The van der Waals surface area contributed by atoms with Gasteiger partial charge in [0.05, 0.1) is 12.1 Å². The minimum Gasteiger partial charge on any atom is -0.480 e. The van der Waals surface area contributed by atoms with Crippen LogP contribution in [0.25, 0.3) is 0 Å². The van der Waals surface area contributed by atoms with Gasteiger partial charge in [-0.25, -0.2) is 4.79 Å². The highest BCUT2D eigenvalue weighted by molar-refractivity contribution is 5.94. The minimum absolute atomic E-state index is 0.0485. The van der Waals surface area contributed by atoms with Gasteiger partial charge >= 0.3 is 5.97 Å². The topological polar surface area (TPSA) is 240 Å². The Hall–Kier alpha value is -2.77. The first kappa shape index (κ1) is 30.2. The zero-order chi connectivity index (χ0) is 25.7. The number of amides is 4. The maximum absolute atomic E-state index is 12.7. The van der Waals surface area contributed by atoms with Crippen molar-refractivity contribution in [2.75, 3.05) is 6.54 Å². The predicted octanol–water partition coefficient (Wildman–Crippen LogP) is -2.72. The van der Waals surface area contributed by atoms with E-state index < -0.39 is 65.8 Å². The third-order valence-corrected chi connectivity index (χ3v) is 4.91. The lowest BCUT2D eigenvalue weighted by molar-refractivity contribution is -0.143. The fraction of sp³-hybridized carbons (Fsp3) is 0.750. The van der Waals surface area contributed by atoms with Crippen LogP contribution in [0.3, 0.4) is 0 Å². The van der Waals surface area contributed by atoms with E-state index in [4.69, 9.17) is 17.2 Å². The number of aliphatic carboxylic acids is 1. The summed E-state index contributed by atoms with van der Waals surface area (Å²) in [7, 11) is 0. The van der Waals surface area contributed by atoms with Crippen LogP contribution in [0.1, 0.15) is 52.9 Å². The number of unbranched alkanes of at least 4 members (excludes halogenated alkanes) is 1. The Balaban J connectivity index is 5.26. The van der Waals surface area contributed by atoms with Crippen LogP contribution in [0.4, 0.5) is 0 Å². The fourth-order valence-electron chi connectivity index (χ4n) is 2.88. The van der Waals surface area contributed by atoms with Crippen molar-refractivity contribution in [2.24, 2.45) is 23.1 Å². The Bertz CT molecular complexity index is 686. The smallest absolute Gasteiger partial charge is 0.326 e. The van der Waals surface area contributed by atoms with Crippen LogP contribution in [-0.4, -0.2) is 76.6 Å². The van der Waals surface area contributed by atoms with E-state index in [0.29, 0.717) is 19.4 Å². The first-order valence-electron chi connectivity index (χ1n) is 10.9. The molecule has 5 atom stereocenters. The number of hydrogen-bond acceptors (Lipinski definition) is 8. The average molecular weight is 475 g/mol. The van der Waals surface area contributed by atoms with Gasteiger partial charge in [0, 0.05) is 6.42 Å². The van der Waals surface area contributed by atoms with Crippen LogP contribution in [0.5, 0.6) is 0 Å². The molecule has 0 saturated carbocycles. The molecule has 33 heavy (non-hydrogen) atoms. The van der Waals surface area contributed by atoms with Crippen molar-refractivity contribution in [2.45, 2.75) is 83.1 Å². The highest BCUT2D eigenvalue weighted by Crippen LogP contribution is 2.07. The van der Waals surface area contributed by atoms with Crippen molar-refractivity contribution in [3.05, 3.63) is 0 Å². The molecule has 0 radical (unpaired) electrons. The molecule has 5 unspecified atom stereocenters. The molecule has 13 heteroatoms. The van der Waals surface area contributed by atoms with Crippen LogP contribution in [0.2, 0.25) is 0 Å². The summed E-state index contributed by atoms with van der Waals surface area (Å²) in [5.74, 6) is -4.65. The lowest BCUT2D eigenvalue weighted by Gasteiger charge is -2.28. The molecule has 0 saturated heterocycles. The van der Waals surface area contributed by atoms with Gasteiger partial charge in [-0.3, -0.25) is 19.2 Å².